The summed E-state index contributed by atoms with van der Waals surface area (Å²) in [4.78, 5) is 17.9. The number of nitro benzene ring substituents is 1. The number of hydrogen-bond donors (Lipinski definition) is 2. The molecule has 3 N–H and O–H groups in total. The van der Waals surface area contributed by atoms with Gasteiger partial charge in [0.05, 0.1) is 9.40 Å². The Morgan fingerprint density at radius 1 is 1.38 bits per heavy atom. The highest BCUT2D eigenvalue weighted by Gasteiger charge is 2.21. The van der Waals surface area contributed by atoms with Crippen molar-refractivity contribution in [2.45, 2.75) is 0 Å². The first kappa shape index (κ1) is 15.5. The SMILES string of the molecule is NNc1ncnc(Oc2cc(F)c(Br)cc2[N+](=O)[O-])c1Br. The van der Waals surface area contributed by atoms with Crippen molar-refractivity contribution in [3.05, 3.63) is 43.3 Å². The van der Waals surface area contributed by atoms with E-state index < -0.39 is 16.4 Å². The number of ether oxygens (including phenoxy) is 1. The van der Waals surface area contributed by atoms with Crippen molar-refractivity contribution in [2.24, 2.45) is 5.84 Å². The molecular formula is C10H6Br2FN5O3. The molecule has 2 aromatic rings. The molecule has 0 saturated carbocycles. The van der Waals surface area contributed by atoms with Crippen molar-refractivity contribution < 1.29 is 14.1 Å². The Kier molecular flexibility index (Phi) is 4.65. The first-order valence-electron chi connectivity index (χ1n) is 5.22. The van der Waals surface area contributed by atoms with E-state index in [0.717, 1.165) is 18.5 Å². The number of anilines is 1. The summed E-state index contributed by atoms with van der Waals surface area (Å²) in [5.41, 5.74) is 1.87. The van der Waals surface area contributed by atoms with Gasteiger partial charge in [-0.15, -0.1) is 0 Å². The fraction of sp³-hybridized carbons (Fsp3) is 0. The number of nitro groups is 1. The van der Waals surface area contributed by atoms with Crippen molar-refractivity contribution in [3.8, 4) is 11.6 Å². The summed E-state index contributed by atoms with van der Waals surface area (Å²) in [6.07, 6.45) is 1.14. The second-order valence-corrected chi connectivity index (χ2v) is 5.23. The van der Waals surface area contributed by atoms with E-state index in [4.69, 9.17) is 10.6 Å². The normalized spacial score (nSPS) is 10.3. The summed E-state index contributed by atoms with van der Waals surface area (Å²) in [5.74, 6) is 4.38. The summed E-state index contributed by atoms with van der Waals surface area (Å²) in [6.45, 7) is 0. The first-order valence-corrected chi connectivity index (χ1v) is 6.81. The topological polar surface area (TPSA) is 116 Å². The molecule has 0 bridgehead atoms. The second kappa shape index (κ2) is 6.28. The third-order valence-corrected chi connectivity index (χ3v) is 3.62. The third-order valence-electron chi connectivity index (χ3n) is 2.30. The van der Waals surface area contributed by atoms with Crippen LogP contribution >= 0.6 is 31.9 Å². The average molecular weight is 423 g/mol. The molecule has 0 fully saturated rings. The fourth-order valence-electron chi connectivity index (χ4n) is 1.37. The quantitative estimate of drug-likeness (QED) is 0.441. The molecule has 1 aromatic carbocycles. The summed E-state index contributed by atoms with van der Waals surface area (Å²) in [7, 11) is 0. The van der Waals surface area contributed by atoms with Crippen LogP contribution in [0.2, 0.25) is 0 Å². The predicted molar refractivity (Wildman–Crippen MR) is 78.4 cm³/mol. The van der Waals surface area contributed by atoms with Crippen LogP contribution in [-0.2, 0) is 0 Å². The molecule has 21 heavy (non-hydrogen) atoms. The second-order valence-electron chi connectivity index (χ2n) is 3.58. The molecule has 0 unspecified atom stereocenters. The van der Waals surface area contributed by atoms with Crippen LogP contribution in [0.15, 0.2) is 27.4 Å². The van der Waals surface area contributed by atoms with Gasteiger partial charge in [-0.25, -0.2) is 20.2 Å². The van der Waals surface area contributed by atoms with E-state index in [1.165, 1.54) is 0 Å². The first-order chi connectivity index (χ1) is 9.93. The number of aromatic nitrogens is 2. The number of hydrazine groups is 1. The third kappa shape index (κ3) is 3.25. The Hall–Kier alpha value is -1.85. The number of nitrogens with one attached hydrogen (secondary N) is 1. The van der Waals surface area contributed by atoms with E-state index in [9.17, 15) is 14.5 Å². The van der Waals surface area contributed by atoms with Gasteiger partial charge in [0, 0.05) is 12.1 Å². The van der Waals surface area contributed by atoms with Gasteiger partial charge in [-0.1, -0.05) is 0 Å². The average Bonchev–Trinajstić information content (AvgIpc) is 2.44. The molecule has 110 valence electrons. The standard InChI is InChI=1S/C10H6Br2FN5O3/c11-4-1-6(18(19)20)7(2-5(4)13)21-10-8(12)9(17-14)15-3-16-10/h1-3H,14H2,(H,15,16,17). The molecular weight excluding hydrogens is 417 g/mol. The van der Waals surface area contributed by atoms with Gasteiger partial charge in [-0.2, -0.15) is 0 Å². The van der Waals surface area contributed by atoms with Gasteiger partial charge in [0.2, 0.25) is 11.6 Å². The largest absolute Gasteiger partial charge is 0.430 e. The Bertz CT molecular complexity index is 715. The molecule has 0 aliphatic heterocycles. The number of benzene rings is 1. The maximum absolute atomic E-state index is 13.5. The van der Waals surface area contributed by atoms with Gasteiger partial charge >= 0.3 is 5.69 Å². The molecule has 2 rings (SSSR count). The highest BCUT2D eigenvalue weighted by atomic mass is 79.9. The highest BCUT2D eigenvalue weighted by molar-refractivity contribution is 9.11. The van der Waals surface area contributed by atoms with Crippen LogP contribution in [0, 0.1) is 15.9 Å². The van der Waals surface area contributed by atoms with Crippen LogP contribution in [0.1, 0.15) is 0 Å². The van der Waals surface area contributed by atoms with E-state index in [2.05, 4.69) is 47.3 Å². The van der Waals surface area contributed by atoms with Crippen LogP contribution in [0.5, 0.6) is 11.6 Å². The van der Waals surface area contributed by atoms with Crippen molar-refractivity contribution in [2.75, 3.05) is 5.43 Å². The van der Waals surface area contributed by atoms with Crippen molar-refractivity contribution in [1.82, 2.24) is 9.97 Å². The summed E-state index contributed by atoms with van der Waals surface area (Å²) in [5, 5.41) is 11.0. The van der Waals surface area contributed by atoms with Gasteiger partial charge in [-0.05, 0) is 31.9 Å². The van der Waals surface area contributed by atoms with Gasteiger partial charge < -0.3 is 10.2 Å². The monoisotopic (exact) mass is 421 g/mol. The fourth-order valence-corrected chi connectivity index (χ4v) is 2.10. The summed E-state index contributed by atoms with van der Waals surface area (Å²) < 4.78 is 19.0. The van der Waals surface area contributed by atoms with Crippen molar-refractivity contribution in [3.63, 3.8) is 0 Å². The smallest absolute Gasteiger partial charge is 0.312 e. The van der Waals surface area contributed by atoms with Gasteiger partial charge in [-0.3, -0.25) is 10.1 Å². The number of halogens is 3. The Morgan fingerprint density at radius 3 is 2.71 bits per heavy atom. The van der Waals surface area contributed by atoms with Gasteiger partial charge in [0.15, 0.2) is 5.82 Å². The zero-order valence-electron chi connectivity index (χ0n) is 10.0. The van der Waals surface area contributed by atoms with Crippen LogP contribution in [0.4, 0.5) is 15.9 Å². The molecule has 0 aliphatic rings. The number of nitrogens with two attached hydrogens (primary N) is 1. The molecule has 8 nitrogen and oxygen atoms in total. The minimum Gasteiger partial charge on any atom is -0.430 e. The number of hydrogen-bond acceptors (Lipinski definition) is 7. The lowest BCUT2D eigenvalue weighted by molar-refractivity contribution is -0.385. The maximum Gasteiger partial charge on any atom is 0.312 e. The molecule has 11 heteroatoms. The Morgan fingerprint density at radius 2 is 2.10 bits per heavy atom. The van der Waals surface area contributed by atoms with Crippen LogP contribution in [0.25, 0.3) is 0 Å². The lowest BCUT2D eigenvalue weighted by atomic mass is 10.3. The number of nitrogen functional groups attached to an aromatic ring is 1. The molecule has 0 atom stereocenters. The predicted octanol–water partition coefficient (Wildman–Crippen LogP) is 3.13. The minimum absolute atomic E-state index is 0.0485. The van der Waals surface area contributed by atoms with Crippen LogP contribution < -0.4 is 16.0 Å². The summed E-state index contributed by atoms with van der Waals surface area (Å²) in [6, 6.07) is 1.88. The lowest BCUT2D eigenvalue weighted by Crippen LogP contribution is -2.10. The molecule has 1 aromatic heterocycles. The zero-order valence-corrected chi connectivity index (χ0v) is 13.2. The molecule has 0 radical (unpaired) electrons. The van der Waals surface area contributed by atoms with Gasteiger partial charge in [0.1, 0.15) is 16.6 Å². The van der Waals surface area contributed by atoms with Crippen LogP contribution in [0.3, 0.4) is 0 Å². The van der Waals surface area contributed by atoms with Crippen molar-refractivity contribution >= 4 is 43.4 Å². The number of rotatable bonds is 4. The maximum atomic E-state index is 13.5. The Balaban J connectivity index is 2.49. The number of nitrogens with zero attached hydrogens (tertiary/aromatic N) is 3. The molecule has 0 aliphatic carbocycles. The zero-order chi connectivity index (χ0) is 15.6. The van der Waals surface area contributed by atoms with Crippen molar-refractivity contribution in [1.29, 1.82) is 0 Å². The van der Waals surface area contributed by atoms with Crippen LogP contribution in [-0.4, -0.2) is 14.9 Å². The van der Waals surface area contributed by atoms with E-state index in [-0.39, 0.29) is 26.4 Å². The Labute approximate surface area is 133 Å². The molecule has 0 saturated heterocycles. The lowest BCUT2D eigenvalue weighted by Gasteiger charge is -2.09. The van der Waals surface area contributed by atoms with E-state index in [0.29, 0.717) is 0 Å². The summed E-state index contributed by atoms with van der Waals surface area (Å²) >= 11 is 6.00. The molecule has 0 spiro atoms. The van der Waals surface area contributed by atoms with E-state index in [1.54, 1.807) is 0 Å². The van der Waals surface area contributed by atoms with Gasteiger partial charge in [0.25, 0.3) is 0 Å². The minimum atomic E-state index is -0.710. The van der Waals surface area contributed by atoms with E-state index in [1.807, 2.05) is 0 Å². The highest BCUT2D eigenvalue weighted by Crippen LogP contribution is 2.38. The van der Waals surface area contributed by atoms with E-state index >= 15 is 0 Å². The molecule has 0 amide bonds. The molecule has 1 heterocycles.